The predicted molar refractivity (Wildman–Crippen MR) is 75.3 cm³/mol. The Morgan fingerprint density at radius 1 is 1.24 bits per heavy atom. The average Bonchev–Trinajstić information content (AvgIpc) is 2.34. The van der Waals surface area contributed by atoms with Crippen LogP contribution in [0.25, 0.3) is 0 Å². The van der Waals surface area contributed by atoms with Gasteiger partial charge in [-0.25, -0.2) is 4.21 Å². The Labute approximate surface area is 111 Å². The van der Waals surface area contributed by atoms with Gasteiger partial charge in [0.2, 0.25) is 0 Å². The molecule has 0 amide bonds. The van der Waals surface area contributed by atoms with Crippen molar-refractivity contribution in [2.24, 2.45) is 4.40 Å². The molecule has 0 saturated heterocycles. The first kappa shape index (κ1) is 14.4. The molecule has 1 atom stereocenters. The van der Waals surface area contributed by atoms with Crippen LogP contribution in [-0.4, -0.2) is 16.3 Å². The molecule has 0 fully saturated rings. The predicted octanol–water partition coefficient (Wildman–Crippen LogP) is 3.89. The zero-order valence-electron chi connectivity index (χ0n) is 10.1. The van der Waals surface area contributed by atoms with Crippen LogP contribution < -0.4 is 0 Å². The van der Waals surface area contributed by atoms with Crippen molar-refractivity contribution in [1.29, 1.82) is 0 Å². The van der Waals surface area contributed by atoms with Gasteiger partial charge in [-0.3, -0.25) is 0 Å². The van der Waals surface area contributed by atoms with Crippen molar-refractivity contribution in [2.75, 3.05) is 5.88 Å². The van der Waals surface area contributed by atoms with Crippen LogP contribution >= 0.6 is 11.6 Å². The molecule has 0 spiro atoms. The van der Waals surface area contributed by atoms with E-state index < -0.39 is 11.0 Å². The van der Waals surface area contributed by atoms with E-state index in [9.17, 15) is 4.21 Å². The molecule has 0 radical (unpaired) electrons. The monoisotopic (exact) mass is 271 g/mol. The van der Waals surface area contributed by atoms with Crippen molar-refractivity contribution in [2.45, 2.75) is 37.5 Å². The van der Waals surface area contributed by atoms with Crippen molar-refractivity contribution in [3.05, 3.63) is 29.8 Å². The lowest BCUT2D eigenvalue weighted by molar-refractivity contribution is 0.684. The van der Waals surface area contributed by atoms with Gasteiger partial charge < -0.3 is 0 Å². The van der Waals surface area contributed by atoms with Gasteiger partial charge in [-0.15, -0.1) is 11.6 Å². The van der Waals surface area contributed by atoms with Crippen molar-refractivity contribution < 1.29 is 4.21 Å². The molecule has 0 heterocycles. The normalized spacial score (nSPS) is 13.1. The molecule has 0 aliphatic rings. The number of halogens is 1. The first-order chi connectivity index (χ1) is 8.24. The van der Waals surface area contributed by atoms with E-state index in [0.717, 1.165) is 36.1 Å². The second kappa shape index (κ2) is 8.43. The smallest absolute Gasteiger partial charge is 0.172 e. The van der Waals surface area contributed by atoms with E-state index in [4.69, 9.17) is 11.6 Å². The minimum Gasteiger partial charge on any atom is -0.230 e. The summed E-state index contributed by atoms with van der Waals surface area (Å²) in [6.45, 7) is 2.01. The van der Waals surface area contributed by atoms with E-state index in [2.05, 4.69) is 4.40 Å². The molecule has 0 saturated carbocycles. The highest BCUT2D eigenvalue weighted by atomic mass is 35.5. The first-order valence-corrected chi connectivity index (χ1v) is 7.45. The Balaban J connectivity index is 2.33. The van der Waals surface area contributed by atoms with Crippen LogP contribution in [0.5, 0.6) is 0 Å². The number of benzene rings is 1. The standard InChI is InChI=1S/C13H18ClNOS/c1-12-6-8-13(9-7-12)17(16)15-11-5-3-2-4-10-14/h6-9,11H,2-5,10H2,1H3/b15-11+/t17-/m0/s1. The molecular weight excluding hydrogens is 254 g/mol. The van der Waals surface area contributed by atoms with Crippen molar-refractivity contribution >= 4 is 28.8 Å². The summed E-state index contributed by atoms with van der Waals surface area (Å²) in [5.41, 5.74) is 1.16. The number of rotatable bonds is 7. The zero-order chi connectivity index (χ0) is 12.5. The van der Waals surface area contributed by atoms with Crippen LogP contribution in [0.15, 0.2) is 33.6 Å². The second-order valence-corrected chi connectivity index (χ2v) is 5.45. The fourth-order valence-electron chi connectivity index (χ4n) is 1.34. The maximum Gasteiger partial charge on any atom is 0.172 e. The Bertz CT molecular complexity index is 376. The topological polar surface area (TPSA) is 29.4 Å². The summed E-state index contributed by atoms with van der Waals surface area (Å²) < 4.78 is 15.8. The number of alkyl halides is 1. The molecule has 4 heteroatoms. The minimum absolute atomic E-state index is 0.715. The molecular formula is C13H18ClNOS. The van der Waals surface area contributed by atoms with Gasteiger partial charge in [0.1, 0.15) is 0 Å². The Morgan fingerprint density at radius 3 is 2.59 bits per heavy atom. The fourth-order valence-corrected chi connectivity index (χ4v) is 2.26. The molecule has 0 aliphatic carbocycles. The lowest BCUT2D eigenvalue weighted by atomic mass is 10.2. The van der Waals surface area contributed by atoms with Crippen molar-refractivity contribution in [1.82, 2.24) is 0 Å². The molecule has 2 nitrogen and oxygen atoms in total. The van der Waals surface area contributed by atoms with Crippen LogP contribution in [0.2, 0.25) is 0 Å². The number of hydrogen-bond donors (Lipinski definition) is 0. The van der Waals surface area contributed by atoms with E-state index in [-0.39, 0.29) is 0 Å². The lowest BCUT2D eigenvalue weighted by Crippen LogP contribution is -1.88. The molecule has 0 N–H and O–H groups in total. The maximum absolute atomic E-state index is 11.7. The maximum atomic E-state index is 11.7. The van der Waals surface area contributed by atoms with Crippen LogP contribution in [0.3, 0.4) is 0 Å². The molecule has 1 rings (SSSR count). The first-order valence-electron chi connectivity index (χ1n) is 5.81. The summed E-state index contributed by atoms with van der Waals surface area (Å²) in [6, 6.07) is 7.61. The highest BCUT2D eigenvalue weighted by Crippen LogP contribution is 2.09. The van der Waals surface area contributed by atoms with Crippen LogP contribution in [0.1, 0.15) is 31.2 Å². The van der Waals surface area contributed by atoms with Gasteiger partial charge in [0.25, 0.3) is 0 Å². The second-order valence-electron chi connectivity index (χ2n) is 3.89. The summed E-state index contributed by atoms with van der Waals surface area (Å²) in [7, 11) is -1.26. The zero-order valence-corrected chi connectivity index (χ0v) is 11.6. The fraction of sp³-hybridized carbons (Fsp3) is 0.462. The highest BCUT2D eigenvalue weighted by molar-refractivity contribution is 7.83. The van der Waals surface area contributed by atoms with E-state index in [1.54, 1.807) is 6.21 Å². The number of aryl methyl sites for hydroxylation is 1. The van der Waals surface area contributed by atoms with Gasteiger partial charge in [-0.2, -0.15) is 4.40 Å². The third-order valence-electron chi connectivity index (χ3n) is 2.36. The van der Waals surface area contributed by atoms with Gasteiger partial charge in [0.15, 0.2) is 11.0 Å². The summed E-state index contributed by atoms with van der Waals surface area (Å²) in [4.78, 5) is 0.757. The van der Waals surface area contributed by atoms with Crippen LogP contribution in [0, 0.1) is 6.92 Å². The Morgan fingerprint density at radius 2 is 1.94 bits per heavy atom. The third kappa shape index (κ3) is 5.99. The number of unbranched alkanes of at least 4 members (excludes halogenated alkanes) is 3. The quantitative estimate of drug-likeness (QED) is 0.420. The molecule has 1 aromatic carbocycles. The molecule has 0 aliphatic heterocycles. The van der Waals surface area contributed by atoms with Gasteiger partial charge in [0, 0.05) is 12.1 Å². The van der Waals surface area contributed by atoms with E-state index in [1.165, 1.54) is 0 Å². The highest BCUT2D eigenvalue weighted by Gasteiger charge is 1.99. The molecule has 0 aromatic heterocycles. The van der Waals surface area contributed by atoms with E-state index in [0.29, 0.717) is 5.88 Å². The molecule has 94 valence electrons. The Hall–Kier alpha value is -0.670. The van der Waals surface area contributed by atoms with Crippen molar-refractivity contribution in [3.63, 3.8) is 0 Å². The molecule has 0 unspecified atom stereocenters. The van der Waals surface area contributed by atoms with E-state index in [1.807, 2.05) is 31.2 Å². The Kier molecular flexibility index (Phi) is 7.13. The van der Waals surface area contributed by atoms with Gasteiger partial charge in [-0.1, -0.05) is 24.1 Å². The van der Waals surface area contributed by atoms with Gasteiger partial charge >= 0.3 is 0 Å². The number of hydrogen-bond acceptors (Lipinski definition) is 1. The van der Waals surface area contributed by atoms with Crippen molar-refractivity contribution in [3.8, 4) is 0 Å². The summed E-state index contributed by atoms with van der Waals surface area (Å²) in [5, 5.41) is 0. The van der Waals surface area contributed by atoms with Gasteiger partial charge in [0.05, 0.1) is 4.90 Å². The van der Waals surface area contributed by atoms with E-state index >= 15 is 0 Å². The summed E-state index contributed by atoms with van der Waals surface area (Å²) in [6.07, 6.45) is 5.82. The van der Waals surface area contributed by atoms with Crippen LogP contribution in [-0.2, 0) is 11.0 Å². The lowest BCUT2D eigenvalue weighted by Gasteiger charge is -1.97. The summed E-state index contributed by atoms with van der Waals surface area (Å²) in [5.74, 6) is 0.715. The number of nitrogens with zero attached hydrogens (tertiary/aromatic N) is 1. The molecule has 0 bridgehead atoms. The SMILES string of the molecule is Cc1ccc([S@](=O)/N=C/CCCCCCl)cc1. The largest absolute Gasteiger partial charge is 0.230 e. The molecule has 17 heavy (non-hydrogen) atoms. The van der Waals surface area contributed by atoms with Crippen LogP contribution in [0.4, 0.5) is 0 Å². The third-order valence-corrected chi connectivity index (χ3v) is 3.64. The van der Waals surface area contributed by atoms with Gasteiger partial charge in [-0.05, 0) is 38.3 Å². The summed E-state index contributed by atoms with van der Waals surface area (Å²) >= 11 is 5.58. The average molecular weight is 272 g/mol. The minimum atomic E-state index is -1.26. The molecule has 1 aromatic rings.